The van der Waals surface area contributed by atoms with Gasteiger partial charge in [-0.25, -0.2) is 0 Å². The zero-order chi connectivity index (χ0) is 12.1. The van der Waals surface area contributed by atoms with Crippen molar-refractivity contribution in [2.75, 3.05) is 6.54 Å². The van der Waals surface area contributed by atoms with Gasteiger partial charge < -0.3 is 10.1 Å². The van der Waals surface area contributed by atoms with E-state index in [1.807, 2.05) is 0 Å². The summed E-state index contributed by atoms with van der Waals surface area (Å²) in [6.45, 7) is 3.29. The van der Waals surface area contributed by atoms with Crippen LogP contribution in [0.15, 0.2) is 0 Å². The fourth-order valence-electron chi connectivity index (χ4n) is 3.09. The summed E-state index contributed by atoms with van der Waals surface area (Å²) in [6.07, 6.45) is 8.98. The fraction of sp³-hybridized carbons (Fsp3) is 0.929. The van der Waals surface area contributed by atoms with Crippen molar-refractivity contribution in [1.29, 1.82) is 0 Å². The molecule has 1 heterocycles. The molecule has 0 aromatic heterocycles. The van der Waals surface area contributed by atoms with E-state index >= 15 is 0 Å². The van der Waals surface area contributed by atoms with Gasteiger partial charge in [-0.05, 0) is 44.6 Å². The molecule has 1 aliphatic heterocycles. The molecule has 3 nitrogen and oxygen atoms in total. The molecule has 3 atom stereocenters. The summed E-state index contributed by atoms with van der Waals surface area (Å²) in [5.74, 6) is 0.775. The zero-order valence-corrected chi connectivity index (χ0v) is 10.9. The number of ether oxygens (including phenoxy) is 1. The van der Waals surface area contributed by atoms with Crippen LogP contribution in [-0.2, 0) is 9.53 Å². The Morgan fingerprint density at radius 2 is 2.18 bits per heavy atom. The van der Waals surface area contributed by atoms with E-state index in [0.29, 0.717) is 12.5 Å². The van der Waals surface area contributed by atoms with Crippen molar-refractivity contribution in [2.24, 2.45) is 5.92 Å². The van der Waals surface area contributed by atoms with Gasteiger partial charge in [-0.2, -0.15) is 0 Å². The molecule has 1 saturated heterocycles. The van der Waals surface area contributed by atoms with Crippen LogP contribution in [-0.4, -0.2) is 24.7 Å². The van der Waals surface area contributed by atoms with Crippen molar-refractivity contribution in [3.63, 3.8) is 0 Å². The number of rotatable bonds is 4. The molecule has 0 radical (unpaired) electrons. The van der Waals surface area contributed by atoms with Crippen LogP contribution in [0.4, 0.5) is 0 Å². The predicted octanol–water partition coefficient (Wildman–Crippen LogP) is 2.64. The van der Waals surface area contributed by atoms with Gasteiger partial charge in [0.25, 0.3) is 0 Å². The monoisotopic (exact) mass is 239 g/mol. The smallest absolute Gasteiger partial charge is 0.307 e. The van der Waals surface area contributed by atoms with Crippen LogP contribution in [0.1, 0.15) is 58.3 Å². The van der Waals surface area contributed by atoms with E-state index in [4.69, 9.17) is 4.74 Å². The number of esters is 1. The zero-order valence-electron chi connectivity index (χ0n) is 10.9. The number of nitrogens with one attached hydrogen (secondary N) is 1. The molecule has 1 saturated carbocycles. The van der Waals surface area contributed by atoms with E-state index in [0.717, 1.165) is 31.7 Å². The summed E-state index contributed by atoms with van der Waals surface area (Å²) in [4.78, 5) is 11.8. The molecule has 0 bridgehead atoms. The summed E-state index contributed by atoms with van der Waals surface area (Å²) in [5, 5.41) is 3.34. The molecular weight excluding hydrogens is 214 g/mol. The third-order valence-electron chi connectivity index (χ3n) is 4.19. The second-order valence-corrected chi connectivity index (χ2v) is 5.55. The molecule has 2 fully saturated rings. The predicted molar refractivity (Wildman–Crippen MR) is 67.8 cm³/mol. The molecule has 2 aliphatic rings. The summed E-state index contributed by atoms with van der Waals surface area (Å²) in [5.41, 5.74) is 0. The Hall–Kier alpha value is -0.570. The van der Waals surface area contributed by atoms with Gasteiger partial charge in [0.15, 0.2) is 0 Å². The van der Waals surface area contributed by atoms with Crippen molar-refractivity contribution in [3.8, 4) is 0 Å². The van der Waals surface area contributed by atoms with Gasteiger partial charge >= 0.3 is 5.97 Å². The highest BCUT2D eigenvalue weighted by Gasteiger charge is 2.25. The molecule has 1 aliphatic carbocycles. The van der Waals surface area contributed by atoms with E-state index in [1.54, 1.807) is 0 Å². The number of hydrogen-bond acceptors (Lipinski definition) is 3. The molecule has 3 unspecified atom stereocenters. The lowest BCUT2D eigenvalue weighted by Gasteiger charge is -2.28. The molecule has 98 valence electrons. The minimum atomic E-state index is 0.00570. The lowest BCUT2D eigenvalue weighted by Crippen LogP contribution is -2.30. The van der Waals surface area contributed by atoms with Gasteiger partial charge in [-0.3, -0.25) is 4.79 Å². The van der Waals surface area contributed by atoms with Gasteiger partial charge in [0.1, 0.15) is 6.10 Å². The highest BCUT2D eigenvalue weighted by molar-refractivity contribution is 5.70. The fourth-order valence-corrected chi connectivity index (χ4v) is 3.09. The summed E-state index contributed by atoms with van der Waals surface area (Å²) < 4.78 is 5.61. The first-order valence-electron chi connectivity index (χ1n) is 7.20. The highest BCUT2D eigenvalue weighted by atomic mass is 16.5. The topological polar surface area (TPSA) is 38.3 Å². The summed E-state index contributed by atoms with van der Waals surface area (Å²) >= 11 is 0. The first-order valence-corrected chi connectivity index (χ1v) is 7.20. The molecule has 17 heavy (non-hydrogen) atoms. The van der Waals surface area contributed by atoms with Crippen LogP contribution in [0.2, 0.25) is 0 Å². The standard InChI is InChI=1S/C14H25NO2/c1-2-11-5-3-7-13(9-11)17-14(16)10-12-6-4-8-15-12/h11-13,15H,2-10H2,1H3. The van der Waals surface area contributed by atoms with Crippen molar-refractivity contribution in [2.45, 2.75) is 70.4 Å². The number of carbonyl (C=O) groups is 1. The van der Waals surface area contributed by atoms with Crippen molar-refractivity contribution < 1.29 is 9.53 Å². The van der Waals surface area contributed by atoms with E-state index in [1.165, 1.54) is 25.7 Å². The van der Waals surface area contributed by atoms with Crippen LogP contribution >= 0.6 is 0 Å². The second-order valence-electron chi connectivity index (χ2n) is 5.55. The Morgan fingerprint density at radius 1 is 1.29 bits per heavy atom. The summed E-state index contributed by atoms with van der Waals surface area (Å²) in [6, 6.07) is 0.369. The Kier molecular flexibility index (Phi) is 4.84. The maximum atomic E-state index is 11.8. The van der Waals surface area contributed by atoms with Gasteiger partial charge in [0.05, 0.1) is 6.42 Å². The van der Waals surface area contributed by atoms with Crippen molar-refractivity contribution in [1.82, 2.24) is 5.32 Å². The number of carbonyl (C=O) groups excluding carboxylic acids is 1. The Bertz CT molecular complexity index is 249. The minimum absolute atomic E-state index is 0.00570. The SMILES string of the molecule is CCC1CCCC(OC(=O)CC2CCCN2)C1. The summed E-state index contributed by atoms with van der Waals surface area (Å²) in [7, 11) is 0. The Morgan fingerprint density at radius 3 is 2.88 bits per heavy atom. The van der Waals surface area contributed by atoms with E-state index in [-0.39, 0.29) is 12.1 Å². The molecule has 3 heteroatoms. The molecular formula is C14H25NO2. The lowest BCUT2D eigenvalue weighted by atomic mass is 9.85. The average molecular weight is 239 g/mol. The first kappa shape index (κ1) is 12.9. The molecule has 0 spiro atoms. The second kappa shape index (κ2) is 6.39. The molecule has 2 rings (SSSR count). The van der Waals surface area contributed by atoms with Crippen LogP contribution < -0.4 is 5.32 Å². The van der Waals surface area contributed by atoms with Crippen LogP contribution in [0.25, 0.3) is 0 Å². The van der Waals surface area contributed by atoms with E-state index < -0.39 is 0 Å². The average Bonchev–Trinajstić information content (AvgIpc) is 2.82. The lowest BCUT2D eigenvalue weighted by molar-refractivity contribution is -0.151. The Labute approximate surface area is 104 Å². The molecule has 0 amide bonds. The van der Waals surface area contributed by atoms with Crippen molar-refractivity contribution in [3.05, 3.63) is 0 Å². The largest absolute Gasteiger partial charge is 0.462 e. The maximum absolute atomic E-state index is 11.8. The number of hydrogen-bond donors (Lipinski definition) is 1. The van der Waals surface area contributed by atoms with Crippen LogP contribution in [0.3, 0.4) is 0 Å². The van der Waals surface area contributed by atoms with Gasteiger partial charge in [-0.15, -0.1) is 0 Å². The van der Waals surface area contributed by atoms with E-state index in [2.05, 4.69) is 12.2 Å². The highest BCUT2D eigenvalue weighted by Crippen LogP contribution is 2.28. The van der Waals surface area contributed by atoms with Gasteiger partial charge in [0, 0.05) is 6.04 Å². The third kappa shape index (κ3) is 3.98. The van der Waals surface area contributed by atoms with Crippen LogP contribution in [0.5, 0.6) is 0 Å². The molecule has 1 N–H and O–H groups in total. The van der Waals surface area contributed by atoms with E-state index in [9.17, 15) is 4.79 Å². The van der Waals surface area contributed by atoms with Crippen LogP contribution in [0, 0.1) is 5.92 Å². The van der Waals surface area contributed by atoms with Gasteiger partial charge in [-0.1, -0.05) is 19.8 Å². The maximum Gasteiger partial charge on any atom is 0.307 e. The first-order chi connectivity index (χ1) is 8.28. The minimum Gasteiger partial charge on any atom is -0.462 e. The normalized spacial score (nSPS) is 33.6. The molecule has 0 aromatic rings. The quantitative estimate of drug-likeness (QED) is 0.766. The molecule has 0 aromatic carbocycles. The van der Waals surface area contributed by atoms with Gasteiger partial charge in [0.2, 0.25) is 0 Å². The Balaban J connectivity index is 1.70. The van der Waals surface area contributed by atoms with Crippen molar-refractivity contribution >= 4 is 5.97 Å². The third-order valence-corrected chi connectivity index (χ3v) is 4.19.